The molecule has 0 amide bonds. The lowest BCUT2D eigenvalue weighted by Gasteiger charge is -2.54. The molecule has 8 rings (SSSR count). The third kappa shape index (κ3) is 5.94. The third-order valence-corrected chi connectivity index (χ3v) is 12.6. The van der Waals surface area contributed by atoms with Crippen LogP contribution < -0.4 is 32.1 Å². The van der Waals surface area contributed by atoms with Crippen LogP contribution in [0.5, 0.6) is 0 Å². The lowest BCUT2D eigenvalue weighted by molar-refractivity contribution is -0.0793. The van der Waals surface area contributed by atoms with Gasteiger partial charge in [-0.2, -0.15) is 0 Å². The maximum atomic E-state index is 6.61. The fraction of sp³-hybridized carbons (Fsp3) is 1.00. The molecule has 1 spiro atoms. The molecule has 0 saturated carbocycles. The summed E-state index contributed by atoms with van der Waals surface area (Å²) in [6, 6.07) is 0.958. The van der Waals surface area contributed by atoms with E-state index >= 15 is 0 Å². The zero-order valence-corrected chi connectivity index (χ0v) is 26.9. The fourth-order valence-electron chi connectivity index (χ4n) is 10.0. The van der Waals surface area contributed by atoms with Crippen LogP contribution in [0.4, 0.5) is 0 Å². The lowest BCUT2D eigenvalue weighted by atomic mass is 9.72. The summed E-state index contributed by atoms with van der Waals surface area (Å²) in [6.07, 6.45) is 8.79. The van der Waals surface area contributed by atoms with E-state index in [0.29, 0.717) is 47.8 Å². The van der Waals surface area contributed by atoms with Gasteiger partial charge in [0, 0.05) is 76.8 Å². The Hall–Kier alpha value is -0.480. The van der Waals surface area contributed by atoms with Gasteiger partial charge in [-0.15, -0.1) is 0 Å². The van der Waals surface area contributed by atoms with Crippen molar-refractivity contribution in [1.82, 2.24) is 56.8 Å². The van der Waals surface area contributed by atoms with Gasteiger partial charge < -0.3 is 25.2 Å². The second kappa shape index (κ2) is 12.3. The number of hydrogen-bond acceptors (Lipinski definition) is 12. The highest BCUT2D eigenvalue weighted by Gasteiger charge is 2.51. The Balaban J connectivity index is 0.916. The Kier molecular flexibility index (Phi) is 8.53. The molecule has 43 heavy (non-hydrogen) atoms. The van der Waals surface area contributed by atoms with E-state index in [4.69, 9.17) is 4.74 Å². The van der Waals surface area contributed by atoms with Gasteiger partial charge in [-0.25, -0.2) is 15.4 Å². The molecule has 8 aliphatic rings. The van der Waals surface area contributed by atoms with Crippen LogP contribution in [0.25, 0.3) is 0 Å². The Labute approximate surface area is 259 Å². The second-order valence-electron chi connectivity index (χ2n) is 15.7. The molecule has 0 aliphatic carbocycles. The van der Waals surface area contributed by atoms with Gasteiger partial charge in [-0.3, -0.25) is 21.0 Å². The van der Waals surface area contributed by atoms with Crippen LogP contribution in [0.2, 0.25) is 0 Å². The molecule has 0 aromatic rings. The summed E-state index contributed by atoms with van der Waals surface area (Å²) < 4.78 is 6.61. The first kappa shape index (κ1) is 29.9. The van der Waals surface area contributed by atoms with Gasteiger partial charge in [-0.05, 0) is 83.5 Å². The van der Waals surface area contributed by atoms with Gasteiger partial charge in [-0.1, -0.05) is 0 Å². The zero-order valence-electron chi connectivity index (χ0n) is 26.9. The molecule has 12 heteroatoms. The van der Waals surface area contributed by atoms with E-state index in [0.717, 1.165) is 51.4 Å². The number of nitrogens with zero attached hydrogens (tertiary/aromatic N) is 5. The summed E-state index contributed by atoms with van der Waals surface area (Å²) in [5.74, 6) is 1.77. The van der Waals surface area contributed by atoms with Crippen molar-refractivity contribution >= 4 is 0 Å². The highest BCUT2D eigenvalue weighted by Crippen LogP contribution is 2.41. The van der Waals surface area contributed by atoms with Crippen molar-refractivity contribution in [1.29, 1.82) is 0 Å². The van der Waals surface area contributed by atoms with Gasteiger partial charge >= 0.3 is 0 Å². The van der Waals surface area contributed by atoms with Crippen molar-refractivity contribution < 1.29 is 4.74 Å². The molecular formula is C31H59N11O. The molecule has 8 fully saturated rings. The Bertz CT molecular complexity index is 958. The van der Waals surface area contributed by atoms with Crippen molar-refractivity contribution in [3.63, 3.8) is 0 Å². The second-order valence-corrected chi connectivity index (χ2v) is 15.7. The summed E-state index contributed by atoms with van der Waals surface area (Å²) in [5, 5.41) is 20.4. The fourth-order valence-corrected chi connectivity index (χ4v) is 10.0. The monoisotopic (exact) mass is 601 g/mol. The molecule has 0 aromatic carbocycles. The minimum absolute atomic E-state index is 0.0748. The maximum absolute atomic E-state index is 6.61. The van der Waals surface area contributed by atoms with Crippen LogP contribution in [0.3, 0.4) is 0 Å². The normalized spacial score (nSPS) is 47.0. The number of hydrogen-bond donors (Lipinski definition) is 6. The SMILES string of the molecule is C[C@H]1CCOC2C(CNN2C)C2NCCC(NC3CC4C(CN3)C(N3CCC(CN5CC6(CCN(C)CC6)C5)C3)NN41)N2. The number of piperidine rings is 2. The molecule has 4 bridgehead atoms. The lowest BCUT2D eigenvalue weighted by Crippen LogP contribution is -2.67. The molecule has 8 saturated heterocycles. The van der Waals surface area contributed by atoms with Gasteiger partial charge in [0.1, 0.15) is 6.23 Å². The minimum Gasteiger partial charge on any atom is -0.361 e. The molecule has 0 radical (unpaired) electrons. The number of rotatable bonds is 3. The van der Waals surface area contributed by atoms with E-state index < -0.39 is 0 Å². The van der Waals surface area contributed by atoms with Crippen LogP contribution in [-0.2, 0) is 4.74 Å². The topological polar surface area (TPSA) is 97.6 Å². The smallest absolute Gasteiger partial charge is 0.129 e. The first-order valence-electron chi connectivity index (χ1n) is 17.7. The highest BCUT2D eigenvalue weighted by atomic mass is 16.5. The standard InChI is InChI=1S/C31H59N11O/c1-21-6-13-43-30-24(16-34-39(30)3)28-32-9-4-26(36-28)35-27-14-25-23(15-33-27)29(37-42(21)25)41-10-5-22(18-41)17-40-19-31(20-40)7-11-38(2)12-8-31/h21-30,32-37H,4-20H2,1-3H3/t21-,22?,23?,24?,25?,26?,27?,28?,29?,30?/m0/s1. The predicted molar refractivity (Wildman–Crippen MR) is 167 cm³/mol. The molecule has 244 valence electrons. The van der Waals surface area contributed by atoms with Gasteiger partial charge in [0.05, 0.1) is 31.3 Å². The van der Waals surface area contributed by atoms with Crippen molar-refractivity contribution in [2.24, 2.45) is 23.2 Å². The number of likely N-dealkylation sites (tertiary alicyclic amines) is 3. The van der Waals surface area contributed by atoms with E-state index in [1.807, 2.05) is 0 Å². The summed E-state index contributed by atoms with van der Waals surface area (Å²) in [7, 11) is 4.41. The summed E-state index contributed by atoms with van der Waals surface area (Å²) >= 11 is 0. The van der Waals surface area contributed by atoms with Crippen LogP contribution in [0.1, 0.15) is 45.4 Å². The van der Waals surface area contributed by atoms with E-state index in [1.165, 1.54) is 65.1 Å². The first-order valence-corrected chi connectivity index (χ1v) is 17.7. The summed E-state index contributed by atoms with van der Waals surface area (Å²) in [5.41, 5.74) is 8.28. The van der Waals surface area contributed by atoms with Gasteiger partial charge in [0.2, 0.25) is 0 Å². The number of fused-ring (bicyclic) bond motifs is 5. The molecule has 6 N–H and O–H groups in total. The van der Waals surface area contributed by atoms with Crippen LogP contribution in [0, 0.1) is 23.2 Å². The predicted octanol–water partition coefficient (Wildman–Crippen LogP) is -1.19. The largest absolute Gasteiger partial charge is 0.361 e. The Morgan fingerprint density at radius 2 is 1.77 bits per heavy atom. The third-order valence-electron chi connectivity index (χ3n) is 12.6. The molecule has 8 heterocycles. The number of hydrazine groups is 2. The summed E-state index contributed by atoms with van der Waals surface area (Å²) in [4.78, 5) is 8.10. The molecule has 10 atom stereocenters. The molecule has 9 unspecified atom stereocenters. The van der Waals surface area contributed by atoms with E-state index in [1.54, 1.807) is 0 Å². The van der Waals surface area contributed by atoms with E-state index in [2.05, 4.69) is 77.9 Å². The van der Waals surface area contributed by atoms with Crippen molar-refractivity contribution in [2.75, 3.05) is 86.1 Å². The molecule has 0 aromatic heterocycles. The van der Waals surface area contributed by atoms with Crippen molar-refractivity contribution in [2.45, 2.75) is 88.4 Å². The van der Waals surface area contributed by atoms with Crippen molar-refractivity contribution in [3.8, 4) is 0 Å². The van der Waals surface area contributed by atoms with E-state index in [-0.39, 0.29) is 12.4 Å². The Morgan fingerprint density at radius 1 is 0.907 bits per heavy atom. The highest BCUT2D eigenvalue weighted by molar-refractivity contribution is 5.03. The molecule has 8 aliphatic heterocycles. The maximum Gasteiger partial charge on any atom is 0.129 e. The van der Waals surface area contributed by atoms with Crippen LogP contribution >= 0.6 is 0 Å². The molecule has 12 nitrogen and oxygen atoms in total. The first-order chi connectivity index (χ1) is 20.9. The quantitative estimate of drug-likeness (QED) is 0.235. The molecular weight excluding hydrogens is 542 g/mol. The van der Waals surface area contributed by atoms with Crippen LogP contribution in [0.15, 0.2) is 0 Å². The van der Waals surface area contributed by atoms with Gasteiger partial charge in [0.25, 0.3) is 0 Å². The van der Waals surface area contributed by atoms with Gasteiger partial charge in [0.15, 0.2) is 0 Å². The average molecular weight is 602 g/mol. The van der Waals surface area contributed by atoms with E-state index in [9.17, 15) is 0 Å². The van der Waals surface area contributed by atoms with Crippen molar-refractivity contribution in [3.05, 3.63) is 0 Å². The Morgan fingerprint density at radius 3 is 2.63 bits per heavy atom. The summed E-state index contributed by atoms with van der Waals surface area (Å²) in [6.45, 7) is 15.2. The van der Waals surface area contributed by atoms with Crippen LogP contribution in [-0.4, -0.2) is 154 Å². The minimum atomic E-state index is 0.0748. The zero-order chi connectivity index (χ0) is 29.1. The number of ether oxygens (including phenoxy) is 1. The number of nitrogens with one attached hydrogen (secondary N) is 6. The average Bonchev–Trinajstić information content (AvgIpc) is 3.70.